The number of hydrogen-bond donors (Lipinski definition) is 6. The van der Waals surface area contributed by atoms with Gasteiger partial charge in [-0.3, -0.25) is 33.7 Å². The Bertz CT molecular complexity index is 2250. The minimum absolute atomic E-state index is 0.0136. The fourth-order valence-electron chi connectivity index (χ4n) is 7.75. The zero-order valence-corrected chi connectivity index (χ0v) is 39.4. The number of nitrogens with two attached hydrogens (primary N) is 2. The van der Waals surface area contributed by atoms with Crippen molar-refractivity contribution in [1.29, 1.82) is 0 Å². The molecule has 0 saturated carbocycles. The van der Waals surface area contributed by atoms with Crippen LogP contribution in [0.3, 0.4) is 0 Å². The monoisotopic (exact) mass is 950 g/mol. The molecule has 370 valence electrons. The summed E-state index contributed by atoms with van der Waals surface area (Å²) in [6.45, 7) is 7.91. The van der Waals surface area contributed by atoms with Crippen molar-refractivity contribution in [2.45, 2.75) is 110 Å². The number of urea groups is 1. The molecule has 0 saturated heterocycles. The van der Waals surface area contributed by atoms with Crippen LogP contribution in [0.5, 0.6) is 0 Å². The summed E-state index contributed by atoms with van der Waals surface area (Å²) in [5.41, 5.74) is 11.3. The predicted octanol–water partition coefficient (Wildman–Crippen LogP) is 4.16. The van der Waals surface area contributed by atoms with Crippen molar-refractivity contribution in [2.75, 3.05) is 32.9 Å². The molecule has 4 atom stereocenters. The smallest absolute Gasteiger partial charge is 0.312 e. The van der Waals surface area contributed by atoms with E-state index in [1.165, 1.54) is 17.1 Å². The highest BCUT2D eigenvalue weighted by Gasteiger charge is 2.39. The Balaban J connectivity index is 1.56. The first-order valence-corrected chi connectivity index (χ1v) is 22.8. The highest BCUT2D eigenvalue weighted by Crippen LogP contribution is 2.39. The molecule has 8 amide bonds. The quantitative estimate of drug-likeness (QED) is 0.0500. The van der Waals surface area contributed by atoms with Gasteiger partial charge >= 0.3 is 6.03 Å². The van der Waals surface area contributed by atoms with Crippen LogP contribution in [0.25, 0.3) is 11.3 Å². The maximum absolute atomic E-state index is 15.3. The van der Waals surface area contributed by atoms with Crippen molar-refractivity contribution < 1.29 is 46.7 Å². The lowest BCUT2D eigenvalue weighted by Gasteiger charge is -2.40. The number of rotatable bonds is 26. The maximum atomic E-state index is 15.3. The van der Waals surface area contributed by atoms with Gasteiger partial charge in [0.1, 0.15) is 36.2 Å². The summed E-state index contributed by atoms with van der Waals surface area (Å²) in [7, 11) is 0. The summed E-state index contributed by atoms with van der Waals surface area (Å²) in [5, 5.41) is 10.5. The molecule has 2 heterocycles. The number of amides is 8. The van der Waals surface area contributed by atoms with Crippen molar-refractivity contribution in [3.8, 4) is 11.3 Å². The molecule has 17 nitrogen and oxygen atoms in total. The molecule has 0 spiro atoms. The largest absolute Gasteiger partial charge is 0.352 e. The second-order valence-electron chi connectivity index (χ2n) is 18.3. The summed E-state index contributed by atoms with van der Waals surface area (Å²) in [6.07, 6.45) is 5.65. The normalized spacial score (nSPS) is 14.4. The number of hydrogen-bond acceptors (Lipinski definition) is 9. The molecule has 20 heteroatoms. The molecule has 0 fully saturated rings. The third kappa shape index (κ3) is 16.1. The van der Waals surface area contributed by atoms with E-state index in [9.17, 15) is 42.3 Å². The standard InChI is InChI=1S/C48H65F3N10O7/c1-30(2)42(58-38(62)16-10-7-11-23-60-39(63)19-20-40(60)64)46(67)57-36(15-12-22-54-47(53)68)45(66)55-27-41(65)61(24-21-33(52)26-49)43(48(3,4)5)44-56-37(34-25-32(50)17-18-35(34)51)29-59(44)28-31-13-8-6-9-14-31/h6,8-9,13-14,17-20,25,29-30,33,36,42-43H,7,10-12,15-16,21-24,26-28,52H2,1-5H3,(H,55,66)(H,57,67)(H,58,62)(H3,53,54,68)/t33-,36?,42-,43-/m0/s1. The molecule has 1 unspecified atom stereocenters. The lowest BCUT2D eigenvalue weighted by atomic mass is 9.84. The van der Waals surface area contributed by atoms with E-state index in [-0.39, 0.29) is 74.9 Å². The second kappa shape index (κ2) is 25.5. The minimum Gasteiger partial charge on any atom is -0.352 e. The van der Waals surface area contributed by atoms with E-state index in [0.717, 1.165) is 28.7 Å². The highest BCUT2D eigenvalue weighted by atomic mass is 19.1. The van der Waals surface area contributed by atoms with Gasteiger partial charge in [-0.15, -0.1) is 0 Å². The molecule has 1 aromatic heterocycles. The SMILES string of the molecule is CC(C)[C@H](NC(=O)CCCCCN1C(=O)C=CC1=O)C(=O)NC(CCCNC(N)=O)C(=O)NCC(=O)N(CC[C@H](N)CF)[C@@H](c1nc(-c2cc(F)ccc2F)cn1Cc1ccccc1)C(C)(C)C. The number of carbonyl (C=O) groups excluding carboxylic acids is 7. The lowest BCUT2D eigenvalue weighted by molar-refractivity contribution is -0.138. The summed E-state index contributed by atoms with van der Waals surface area (Å²) in [6, 6.07) is 7.34. The summed E-state index contributed by atoms with van der Waals surface area (Å²) >= 11 is 0. The van der Waals surface area contributed by atoms with Crippen LogP contribution in [-0.4, -0.2) is 112 Å². The number of imidazole rings is 1. The van der Waals surface area contributed by atoms with Crippen LogP contribution in [0.15, 0.2) is 66.9 Å². The van der Waals surface area contributed by atoms with Gasteiger partial charge in [0.15, 0.2) is 0 Å². The number of aromatic nitrogens is 2. The van der Waals surface area contributed by atoms with E-state index < -0.39 is 90.0 Å². The minimum atomic E-state index is -1.26. The lowest BCUT2D eigenvalue weighted by Crippen LogP contribution is -2.56. The third-order valence-corrected chi connectivity index (χ3v) is 11.3. The average Bonchev–Trinajstić information content (AvgIpc) is 3.84. The molecular formula is C48H65F3N10O7. The van der Waals surface area contributed by atoms with Gasteiger partial charge in [0.25, 0.3) is 11.8 Å². The molecule has 0 bridgehead atoms. The van der Waals surface area contributed by atoms with Gasteiger partial charge in [0.2, 0.25) is 23.6 Å². The van der Waals surface area contributed by atoms with E-state index in [2.05, 4.69) is 21.3 Å². The van der Waals surface area contributed by atoms with Crippen molar-refractivity contribution in [2.24, 2.45) is 22.8 Å². The number of primary amides is 1. The zero-order chi connectivity index (χ0) is 50.1. The van der Waals surface area contributed by atoms with Gasteiger partial charge in [-0.25, -0.2) is 22.9 Å². The maximum Gasteiger partial charge on any atom is 0.312 e. The Labute approximate surface area is 395 Å². The molecule has 1 aliphatic rings. The molecule has 68 heavy (non-hydrogen) atoms. The molecule has 2 aromatic carbocycles. The third-order valence-electron chi connectivity index (χ3n) is 11.3. The number of alkyl halides is 1. The number of benzene rings is 2. The zero-order valence-electron chi connectivity index (χ0n) is 39.4. The Morgan fingerprint density at radius 1 is 0.868 bits per heavy atom. The van der Waals surface area contributed by atoms with Crippen LogP contribution in [0.4, 0.5) is 18.0 Å². The molecule has 3 aromatic rings. The molecule has 4 rings (SSSR count). The number of unbranched alkanes of at least 4 members (excludes halogenated alkanes) is 2. The van der Waals surface area contributed by atoms with E-state index in [1.54, 1.807) is 24.6 Å². The first kappa shape index (κ1) is 54.0. The van der Waals surface area contributed by atoms with Gasteiger partial charge in [0.05, 0.1) is 18.3 Å². The number of carbonyl (C=O) groups is 7. The van der Waals surface area contributed by atoms with Crippen molar-refractivity contribution in [3.63, 3.8) is 0 Å². The summed E-state index contributed by atoms with van der Waals surface area (Å²) in [4.78, 5) is 97.8. The van der Waals surface area contributed by atoms with Gasteiger partial charge < -0.3 is 42.2 Å². The topological polar surface area (TPSA) is 244 Å². The Morgan fingerprint density at radius 3 is 2.19 bits per heavy atom. The Kier molecular flexibility index (Phi) is 20.3. The van der Waals surface area contributed by atoms with Crippen LogP contribution in [0, 0.1) is 23.0 Å². The van der Waals surface area contributed by atoms with Crippen molar-refractivity contribution in [3.05, 3.63) is 89.9 Å². The number of nitrogens with zero attached hydrogens (tertiary/aromatic N) is 4. The number of imide groups is 1. The van der Waals surface area contributed by atoms with Crippen LogP contribution in [-0.2, 0) is 35.3 Å². The van der Waals surface area contributed by atoms with Gasteiger partial charge in [-0.2, -0.15) is 0 Å². The molecule has 0 radical (unpaired) electrons. The number of halogens is 3. The van der Waals surface area contributed by atoms with Gasteiger partial charge in [0, 0.05) is 62.6 Å². The first-order valence-electron chi connectivity index (χ1n) is 22.8. The van der Waals surface area contributed by atoms with E-state index in [1.807, 2.05) is 51.1 Å². The van der Waals surface area contributed by atoms with Gasteiger partial charge in [-0.05, 0) is 67.2 Å². The molecule has 0 aliphatic carbocycles. The fourth-order valence-corrected chi connectivity index (χ4v) is 7.75. The van der Waals surface area contributed by atoms with Gasteiger partial charge in [-0.1, -0.05) is 71.4 Å². The van der Waals surface area contributed by atoms with Crippen molar-refractivity contribution in [1.82, 2.24) is 40.6 Å². The fraction of sp³-hybridized carbons (Fsp3) is 0.500. The Morgan fingerprint density at radius 2 is 1.56 bits per heavy atom. The second-order valence-corrected chi connectivity index (χ2v) is 18.3. The van der Waals surface area contributed by atoms with Crippen molar-refractivity contribution >= 4 is 41.5 Å². The first-order chi connectivity index (χ1) is 32.2. The van der Waals surface area contributed by atoms with E-state index >= 15 is 4.39 Å². The van der Waals surface area contributed by atoms with Crippen LogP contribution < -0.4 is 32.7 Å². The van der Waals surface area contributed by atoms with E-state index in [0.29, 0.717) is 25.1 Å². The van der Waals surface area contributed by atoms with E-state index in [4.69, 9.17) is 16.5 Å². The predicted molar refractivity (Wildman–Crippen MR) is 248 cm³/mol. The van der Waals surface area contributed by atoms with Crippen LogP contribution in [0.2, 0.25) is 0 Å². The summed E-state index contributed by atoms with van der Waals surface area (Å²) < 4.78 is 45.3. The molecule has 8 N–H and O–H groups in total. The average molecular weight is 951 g/mol. The van der Waals surface area contributed by atoms with Crippen LogP contribution in [0.1, 0.15) is 97.0 Å². The molecule has 1 aliphatic heterocycles. The summed E-state index contributed by atoms with van der Waals surface area (Å²) in [5.74, 6) is -4.77. The molecular weight excluding hydrogens is 886 g/mol. The highest BCUT2D eigenvalue weighted by molar-refractivity contribution is 6.12. The number of nitrogens with one attached hydrogen (secondary N) is 4. The Hall–Kier alpha value is -6.57. The van der Waals surface area contributed by atoms with Crippen LogP contribution >= 0.6 is 0 Å².